The lowest BCUT2D eigenvalue weighted by Gasteiger charge is -2.45. The maximum Gasteiger partial charge on any atom is 0.407 e. The average Bonchev–Trinajstić information content (AvgIpc) is 3.13. The number of ether oxygens (including phenoxy) is 1. The quantitative estimate of drug-likeness (QED) is 0.768. The molecule has 2 aliphatic heterocycles. The van der Waals surface area contributed by atoms with E-state index in [-0.39, 0.29) is 24.5 Å². The summed E-state index contributed by atoms with van der Waals surface area (Å²) < 4.78 is 5.56. The highest BCUT2D eigenvalue weighted by molar-refractivity contribution is 5.90. The average molecular weight is 434 g/mol. The minimum atomic E-state index is -0.982. The van der Waals surface area contributed by atoms with Crippen molar-refractivity contribution in [2.45, 2.75) is 56.1 Å². The summed E-state index contributed by atoms with van der Waals surface area (Å²) in [7, 11) is 0. The molecule has 3 atom stereocenters. The number of nitrogens with zero attached hydrogens (tertiary/aromatic N) is 1. The molecule has 0 saturated carbocycles. The molecule has 0 bridgehead atoms. The van der Waals surface area contributed by atoms with Crippen LogP contribution in [0.25, 0.3) is 11.1 Å². The molecule has 32 heavy (non-hydrogen) atoms. The van der Waals surface area contributed by atoms with E-state index in [9.17, 15) is 19.5 Å². The first kappa shape index (κ1) is 20.5. The molecule has 7 heteroatoms. The molecule has 0 spiro atoms. The Labute approximate surface area is 186 Å². The highest BCUT2D eigenvalue weighted by atomic mass is 16.5. The number of carbonyl (C=O) groups is 3. The first-order valence-corrected chi connectivity index (χ1v) is 11.2. The molecule has 0 aromatic heterocycles. The van der Waals surface area contributed by atoms with Crippen LogP contribution in [0, 0.1) is 0 Å². The van der Waals surface area contributed by atoms with Gasteiger partial charge in [-0.15, -0.1) is 0 Å². The summed E-state index contributed by atoms with van der Waals surface area (Å²) in [6.07, 6.45) is 2.60. The molecule has 2 saturated heterocycles. The Balaban J connectivity index is 1.25. The van der Waals surface area contributed by atoms with E-state index in [2.05, 4.69) is 29.6 Å². The molecule has 7 nitrogen and oxygen atoms in total. The lowest BCUT2D eigenvalue weighted by molar-refractivity contribution is -0.158. The molecule has 2 N–H and O–H groups in total. The predicted octanol–water partition coefficient (Wildman–Crippen LogP) is 3.52. The topological polar surface area (TPSA) is 95.9 Å². The minimum Gasteiger partial charge on any atom is -0.480 e. The van der Waals surface area contributed by atoms with Gasteiger partial charge in [-0.2, -0.15) is 0 Å². The number of fused-ring (bicyclic) bond motifs is 4. The van der Waals surface area contributed by atoms with E-state index in [0.717, 1.165) is 35.1 Å². The van der Waals surface area contributed by atoms with Gasteiger partial charge in [-0.05, 0) is 54.4 Å². The van der Waals surface area contributed by atoms with Crippen LogP contribution in [0.2, 0.25) is 0 Å². The van der Waals surface area contributed by atoms with Crippen LogP contribution in [-0.2, 0) is 14.3 Å². The molecule has 5 rings (SSSR count). The van der Waals surface area contributed by atoms with Crippen molar-refractivity contribution in [3.8, 4) is 11.1 Å². The van der Waals surface area contributed by atoms with E-state index >= 15 is 0 Å². The van der Waals surface area contributed by atoms with Gasteiger partial charge in [-0.3, -0.25) is 4.79 Å². The van der Waals surface area contributed by atoms with Crippen molar-refractivity contribution < 1.29 is 24.2 Å². The Morgan fingerprint density at radius 3 is 2.28 bits per heavy atom. The fourth-order valence-corrected chi connectivity index (χ4v) is 5.52. The molecule has 2 aromatic carbocycles. The van der Waals surface area contributed by atoms with Gasteiger partial charge in [0.1, 0.15) is 18.7 Å². The number of rotatable bonds is 4. The zero-order valence-electron chi connectivity index (χ0n) is 17.7. The van der Waals surface area contributed by atoms with Gasteiger partial charge >= 0.3 is 12.1 Å². The molecule has 0 unspecified atom stereocenters. The zero-order chi connectivity index (χ0) is 22.2. The minimum absolute atomic E-state index is 0.0573. The second kappa shape index (κ2) is 8.30. The first-order valence-electron chi connectivity index (χ1n) is 11.2. The van der Waals surface area contributed by atoms with Crippen LogP contribution in [0.5, 0.6) is 0 Å². The van der Waals surface area contributed by atoms with E-state index in [1.807, 2.05) is 24.3 Å². The van der Waals surface area contributed by atoms with E-state index in [1.54, 1.807) is 0 Å². The number of nitrogens with one attached hydrogen (secondary N) is 1. The lowest BCUT2D eigenvalue weighted by atomic mass is 9.86. The van der Waals surface area contributed by atoms with Gasteiger partial charge in [-0.1, -0.05) is 48.5 Å². The highest BCUT2D eigenvalue weighted by Crippen LogP contribution is 2.44. The van der Waals surface area contributed by atoms with E-state index in [0.29, 0.717) is 19.3 Å². The number of carboxylic acid groups (broad SMARTS) is 1. The Kier molecular flexibility index (Phi) is 5.33. The number of aliphatic carboxylic acids is 1. The van der Waals surface area contributed by atoms with Crippen LogP contribution in [0.3, 0.4) is 0 Å². The number of hydrogen-bond donors (Lipinski definition) is 2. The molecular formula is C25H26N2O5. The van der Waals surface area contributed by atoms with Gasteiger partial charge < -0.3 is 20.1 Å². The number of hydrogen-bond acceptors (Lipinski definition) is 4. The molecule has 2 amide bonds. The Bertz CT molecular complexity index is 1020. The van der Waals surface area contributed by atoms with Gasteiger partial charge in [0, 0.05) is 12.0 Å². The molecule has 1 aliphatic carbocycles. The Hall–Kier alpha value is -3.35. The fraction of sp³-hybridized carbons (Fsp3) is 0.400. The van der Waals surface area contributed by atoms with Gasteiger partial charge in [0.05, 0.1) is 0 Å². The normalized spacial score (nSPS) is 24.3. The number of piperidine rings is 2. The van der Waals surface area contributed by atoms with Crippen LogP contribution in [0.1, 0.15) is 49.1 Å². The second-order valence-corrected chi connectivity index (χ2v) is 8.78. The van der Waals surface area contributed by atoms with E-state index in [1.165, 1.54) is 4.90 Å². The smallest absolute Gasteiger partial charge is 0.407 e. The number of alkyl carbamates (subject to hydrolysis) is 1. The van der Waals surface area contributed by atoms with Gasteiger partial charge in [0.25, 0.3) is 0 Å². The maximum atomic E-state index is 13.0. The van der Waals surface area contributed by atoms with Crippen LogP contribution in [0.15, 0.2) is 48.5 Å². The van der Waals surface area contributed by atoms with Crippen LogP contribution in [-0.4, -0.2) is 52.7 Å². The summed E-state index contributed by atoms with van der Waals surface area (Å²) in [6, 6.07) is 14.6. The Morgan fingerprint density at radius 1 is 0.969 bits per heavy atom. The summed E-state index contributed by atoms with van der Waals surface area (Å²) in [5.74, 6) is -1.36. The summed E-state index contributed by atoms with van der Waals surface area (Å²) >= 11 is 0. The maximum absolute atomic E-state index is 13.0. The third kappa shape index (κ3) is 3.51. The highest BCUT2D eigenvalue weighted by Gasteiger charge is 2.44. The zero-order valence-corrected chi connectivity index (χ0v) is 17.7. The largest absolute Gasteiger partial charge is 0.480 e. The van der Waals surface area contributed by atoms with Crippen LogP contribution in [0.4, 0.5) is 4.79 Å². The van der Waals surface area contributed by atoms with Crippen molar-refractivity contribution in [3.05, 3.63) is 59.7 Å². The van der Waals surface area contributed by atoms with Crippen molar-refractivity contribution in [2.24, 2.45) is 0 Å². The first-order chi connectivity index (χ1) is 15.5. The number of carboxylic acids is 1. The number of benzene rings is 2. The SMILES string of the molecule is O=C(N[C@H]1CC[C@H]2CCC[C@@H](C(=O)O)N2C1=O)OCC1c2ccccc2-c2ccccc21. The van der Waals surface area contributed by atoms with E-state index < -0.39 is 24.1 Å². The number of carbonyl (C=O) groups excluding carboxylic acids is 2. The second-order valence-electron chi connectivity index (χ2n) is 8.78. The summed E-state index contributed by atoms with van der Waals surface area (Å²) in [5.41, 5.74) is 4.54. The van der Waals surface area contributed by atoms with Crippen molar-refractivity contribution in [1.82, 2.24) is 10.2 Å². The summed E-state index contributed by atoms with van der Waals surface area (Å²) in [5, 5.41) is 12.2. The van der Waals surface area contributed by atoms with Crippen LogP contribution < -0.4 is 5.32 Å². The predicted molar refractivity (Wildman–Crippen MR) is 117 cm³/mol. The van der Waals surface area contributed by atoms with Gasteiger partial charge in [0.2, 0.25) is 5.91 Å². The van der Waals surface area contributed by atoms with Gasteiger partial charge in [0.15, 0.2) is 0 Å². The van der Waals surface area contributed by atoms with Crippen molar-refractivity contribution in [2.75, 3.05) is 6.61 Å². The third-order valence-corrected chi connectivity index (χ3v) is 7.01. The number of amides is 2. The van der Waals surface area contributed by atoms with Gasteiger partial charge in [-0.25, -0.2) is 9.59 Å². The fourth-order valence-electron chi connectivity index (χ4n) is 5.52. The van der Waals surface area contributed by atoms with Crippen molar-refractivity contribution in [3.63, 3.8) is 0 Å². The molecule has 2 heterocycles. The molecule has 2 fully saturated rings. The molecule has 2 aromatic rings. The summed E-state index contributed by atoms with van der Waals surface area (Å²) in [6.45, 7) is 0.171. The van der Waals surface area contributed by atoms with Crippen molar-refractivity contribution >= 4 is 18.0 Å². The van der Waals surface area contributed by atoms with Crippen molar-refractivity contribution in [1.29, 1.82) is 0 Å². The monoisotopic (exact) mass is 434 g/mol. The Morgan fingerprint density at radius 2 is 1.62 bits per heavy atom. The lowest BCUT2D eigenvalue weighted by Crippen LogP contribution is -2.62. The molecule has 3 aliphatic rings. The molecular weight excluding hydrogens is 408 g/mol. The molecule has 166 valence electrons. The van der Waals surface area contributed by atoms with Crippen LogP contribution >= 0.6 is 0 Å². The van der Waals surface area contributed by atoms with E-state index in [4.69, 9.17) is 4.74 Å². The standard InChI is InChI=1S/C25H26N2O5/c28-23-21(13-12-15-6-5-11-22(24(29)30)27(15)23)26-25(31)32-14-20-18-9-3-1-7-16(18)17-8-2-4-10-19(17)20/h1-4,7-10,15,20-22H,5-6,11-14H2,(H,26,31)(H,29,30)/t15-,21+,22+/m1/s1. The summed E-state index contributed by atoms with van der Waals surface area (Å²) in [4.78, 5) is 38.7. The third-order valence-electron chi connectivity index (χ3n) is 7.01. The molecule has 0 radical (unpaired) electrons.